The van der Waals surface area contributed by atoms with Gasteiger partial charge in [0.25, 0.3) is 5.91 Å². The summed E-state index contributed by atoms with van der Waals surface area (Å²) >= 11 is 0. The number of nitrogens with zero attached hydrogens (tertiary/aromatic N) is 5. The van der Waals surface area contributed by atoms with Gasteiger partial charge in [-0.15, -0.1) is 5.10 Å². The van der Waals surface area contributed by atoms with Gasteiger partial charge in [-0.2, -0.15) is 0 Å². The van der Waals surface area contributed by atoms with Gasteiger partial charge < -0.3 is 5.32 Å². The predicted octanol–water partition coefficient (Wildman–Crippen LogP) is 2.39. The van der Waals surface area contributed by atoms with Crippen LogP contribution >= 0.6 is 0 Å². The van der Waals surface area contributed by atoms with Crippen molar-refractivity contribution >= 4 is 5.91 Å². The first-order chi connectivity index (χ1) is 14.3. The number of aromatic nitrogens is 6. The van der Waals surface area contributed by atoms with Crippen molar-refractivity contribution in [3.8, 4) is 5.82 Å². The molecule has 1 amide bonds. The Balaban J connectivity index is 1.34. The van der Waals surface area contributed by atoms with Crippen LogP contribution in [-0.2, 0) is 12.8 Å². The molecule has 0 radical (unpaired) electrons. The minimum atomic E-state index is -0.320. The Morgan fingerprint density at radius 2 is 2.03 bits per heavy atom. The van der Waals surface area contributed by atoms with E-state index in [1.807, 2.05) is 47.2 Å². The van der Waals surface area contributed by atoms with Crippen LogP contribution in [0.15, 0.2) is 61.1 Å². The Hall–Kier alpha value is -3.81. The van der Waals surface area contributed by atoms with E-state index < -0.39 is 0 Å². The highest BCUT2D eigenvalue weighted by atomic mass is 16.2. The zero-order valence-electron chi connectivity index (χ0n) is 15.6. The summed E-state index contributed by atoms with van der Waals surface area (Å²) in [5, 5.41) is 9.99. The van der Waals surface area contributed by atoms with Gasteiger partial charge >= 0.3 is 0 Å². The number of hydrogen-bond acceptors (Lipinski definition) is 5. The largest absolute Gasteiger partial charge is 0.339 e. The molecule has 8 heteroatoms. The van der Waals surface area contributed by atoms with Crippen LogP contribution in [0, 0.1) is 0 Å². The van der Waals surface area contributed by atoms with Crippen molar-refractivity contribution in [3.63, 3.8) is 0 Å². The normalized spacial score (nSPS) is 15.2. The number of hydrogen-bond donors (Lipinski definition) is 2. The van der Waals surface area contributed by atoms with Crippen molar-refractivity contribution in [3.05, 3.63) is 89.7 Å². The molecule has 8 nitrogen and oxygen atoms in total. The number of aromatic amines is 1. The highest BCUT2D eigenvalue weighted by Crippen LogP contribution is 2.27. The number of fused-ring (bicyclic) bond motifs is 3. The lowest BCUT2D eigenvalue weighted by Gasteiger charge is -2.15. The van der Waals surface area contributed by atoms with E-state index in [2.05, 4.69) is 36.5 Å². The minimum Gasteiger partial charge on any atom is -0.339 e. The minimum absolute atomic E-state index is 0.133. The zero-order chi connectivity index (χ0) is 19.6. The Morgan fingerprint density at radius 3 is 2.93 bits per heavy atom. The number of H-pyrrole nitrogens is 1. The highest BCUT2D eigenvalue weighted by Gasteiger charge is 2.26. The molecule has 5 rings (SSSR count). The molecule has 0 saturated carbocycles. The number of rotatable bonds is 4. The summed E-state index contributed by atoms with van der Waals surface area (Å²) in [6, 6.07) is 13.7. The van der Waals surface area contributed by atoms with E-state index in [4.69, 9.17) is 0 Å². The molecule has 0 unspecified atom stereocenters. The van der Waals surface area contributed by atoms with Crippen molar-refractivity contribution in [1.29, 1.82) is 0 Å². The van der Waals surface area contributed by atoms with E-state index >= 15 is 0 Å². The van der Waals surface area contributed by atoms with Gasteiger partial charge in [-0.3, -0.25) is 14.5 Å². The molecule has 0 fully saturated rings. The summed E-state index contributed by atoms with van der Waals surface area (Å²) in [4.78, 5) is 26.1. The second-order valence-corrected chi connectivity index (χ2v) is 6.97. The van der Waals surface area contributed by atoms with Gasteiger partial charge in [0.05, 0.1) is 6.04 Å². The van der Waals surface area contributed by atoms with Crippen LogP contribution < -0.4 is 5.32 Å². The fourth-order valence-electron chi connectivity index (χ4n) is 3.65. The van der Waals surface area contributed by atoms with Crippen molar-refractivity contribution < 1.29 is 4.79 Å². The van der Waals surface area contributed by atoms with Gasteiger partial charge in [0.1, 0.15) is 17.5 Å². The highest BCUT2D eigenvalue weighted by molar-refractivity contribution is 5.90. The summed E-state index contributed by atoms with van der Waals surface area (Å²) in [6.07, 6.45) is 7.48. The van der Waals surface area contributed by atoms with Crippen LogP contribution in [0.2, 0.25) is 0 Å². The van der Waals surface area contributed by atoms with Crippen LogP contribution in [0.3, 0.4) is 0 Å². The third kappa shape index (κ3) is 3.40. The Kier molecular flexibility index (Phi) is 4.36. The van der Waals surface area contributed by atoms with Crippen LogP contribution in [0.25, 0.3) is 5.82 Å². The molecule has 0 aliphatic carbocycles. The molecule has 1 aliphatic rings. The van der Waals surface area contributed by atoms with Crippen LogP contribution in [-0.4, -0.2) is 35.6 Å². The molecular weight excluding hydrogens is 366 g/mol. The van der Waals surface area contributed by atoms with Gasteiger partial charge in [0.15, 0.2) is 0 Å². The molecule has 1 aliphatic heterocycles. The van der Waals surface area contributed by atoms with Crippen molar-refractivity contribution in [2.75, 3.05) is 0 Å². The lowest BCUT2D eigenvalue weighted by molar-refractivity contribution is 0.0922. The van der Waals surface area contributed by atoms with E-state index in [0.29, 0.717) is 12.2 Å². The topological polar surface area (TPSA) is 101 Å². The van der Waals surface area contributed by atoms with Crippen LogP contribution in [0.5, 0.6) is 0 Å². The Bertz CT molecular complexity index is 1150. The first kappa shape index (κ1) is 17.3. The number of carbonyl (C=O) groups excluding carboxylic acids is 1. The summed E-state index contributed by atoms with van der Waals surface area (Å²) in [5.41, 5.74) is 2.23. The van der Waals surface area contributed by atoms with Crippen LogP contribution in [0.4, 0.5) is 0 Å². The molecule has 144 valence electrons. The van der Waals surface area contributed by atoms with E-state index in [1.165, 1.54) is 0 Å². The maximum Gasteiger partial charge on any atom is 0.291 e. The number of nitrogens with one attached hydrogen (secondary N) is 2. The van der Waals surface area contributed by atoms with Crippen LogP contribution in [0.1, 0.15) is 45.9 Å². The molecule has 1 aromatic carbocycles. The number of benzene rings is 1. The first-order valence-corrected chi connectivity index (χ1v) is 9.51. The zero-order valence-corrected chi connectivity index (χ0v) is 15.6. The maximum absolute atomic E-state index is 12.8. The summed E-state index contributed by atoms with van der Waals surface area (Å²) in [5.74, 6) is 2.09. The van der Waals surface area contributed by atoms with E-state index in [-0.39, 0.29) is 17.8 Å². The average molecular weight is 385 g/mol. The van der Waals surface area contributed by atoms with E-state index in [1.54, 1.807) is 12.4 Å². The molecule has 3 aromatic heterocycles. The molecule has 2 N–H and O–H groups in total. The second-order valence-electron chi connectivity index (χ2n) is 6.97. The number of pyridine rings is 1. The number of amides is 1. The molecule has 0 bridgehead atoms. The van der Waals surface area contributed by atoms with Gasteiger partial charge in [0.2, 0.25) is 5.82 Å². The third-order valence-corrected chi connectivity index (χ3v) is 5.03. The fraction of sp³-hybridized carbons (Fsp3) is 0.190. The average Bonchev–Trinajstić information content (AvgIpc) is 3.39. The fourth-order valence-corrected chi connectivity index (χ4v) is 3.65. The standard InChI is InChI=1S/C21H19N7O/c29-21(18-25-17(26-27-18)13-14-5-2-1-3-6-14)24-16-9-8-15-7-4-10-22-19(15)28-12-11-23-20(16)28/h1-7,10-12,16H,8-9,13H2,(H,24,29)(H,25,26,27)/t16-/m0/s1. The number of carbonyl (C=O) groups is 1. The Labute approximate surface area is 167 Å². The molecule has 0 spiro atoms. The third-order valence-electron chi connectivity index (χ3n) is 5.03. The molecule has 1 atom stereocenters. The number of imidazole rings is 1. The monoisotopic (exact) mass is 385 g/mol. The lowest BCUT2D eigenvalue weighted by Crippen LogP contribution is -2.31. The van der Waals surface area contributed by atoms with Crippen molar-refractivity contribution in [2.45, 2.75) is 25.3 Å². The summed E-state index contributed by atoms with van der Waals surface area (Å²) < 4.78 is 1.94. The van der Waals surface area contributed by atoms with Crippen molar-refractivity contribution in [1.82, 2.24) is 35.0 Å². The van der Waals surface area contributed by atoms with E-state index in [0.717, 1.165) is 35.6 Å². The van der Waals surface area contributed by atoms with Gasteiger partial charge in [-0.1, -0.05) is 36.4 Å². The smallest absolute Gasteiger partial charge is 0.291 e. The van der Waals surface area contributed by atoms with E-state index in [9.17, 15) is 4.79 Å². The SMILES string of the molecule is O=C(N[C@H]1CCc2cccnc2-n2ccnc21)c1n[nH]c(Cc2ccccc2)n1. The maximum atomic E-state index is 12.8. The van der Waals surface area contributed by atoms with Gasteiger partial charge in [0, 0.05) is 25.0 Å². The molecule has 4 aromatic rings. The summed E-state index contributed by atoms with van der Waals surface area (Å²) in [7, 11) is 0. The molecule has 4 heterocycles. The lowest BCUT2D eigenvalue weighted by atomic mass is 10.1. The molecule has 29 heavy (non-hydrogen) atoms. The first-order valence-electron chi connectivity index (χ1n) is 9.51. The summed E-state index contributed by atoms with van der Waals surface area (Å²) in [6.45, 7) is 0. The molecule has 0 saturated heterocycles. The quantitative estimate of drug-likeness (QED) is 0.562. The predicted molar refractivity (Wildman–Crippen MR) is 106 cm³/mol. The van der Waals surface area contributed by atoms with Gasteiger partial charge in [-0.05, 0) is 30.0 Å². The molecular formula is C21H19N7O. The van der Waals surface area contributed by atoms with Crippen molar-refractivity contribution in [2.24, 2.45) is 0 Å². The number of aryl methyl sites for hydroxylation is 1. The van der Waals surface area contributed by atoms with Gasteiger partial charge in [-0.25, -0.2) is 15.0 Å². The second kappa shape index (κ2) is 7.31. The Morgan fingerprint density at radius 1 is 1.14 bits per heavy atom.